The second-order valence-electron chi connectivity index (χ2n) is 5.70. The van der Waals surface area contributed by atoms with Crippen molar-refractivity contribution in [3.8, 4) is 5.88 Å². The van der Waals surface area contributed by atoms with E-state index in [4.69, 9.17) is 4.74 Å². The van der Waals surface area contributed by atoms with Gasteiger partial charge in [-0.2, -0.15) is 4.39 Å². The van der Waals surface area contributed by atoms with E-state index in [2.05, 4.69) is 9.97 Å². The second-order valence-corrected chi connectivity index (χ2v) is 5.70. The van der Waals surface area contributed by atoms with E-state index in [0.717, 1.165) is 10.8 Å². The maximum Gasteiger partial charge on any atom is 0.332 e. The van der Waals surface area contributed by atoms with Crippen LogP contribution >= 0.6 is 0 Å². The van der Waals surface area contributed by atoms with Gasteiger partial charge in [-0.15, -0.1) is 0 Å². The first-order valence-corrected chi connectivity index (χ1v) is 7.86. The largest absolute Gasteiger partial charge is 0.406 e. The van der Waals surface area contributed by atoms with Gasteiger partial charge in [0.15, 0.2) is 0 Å². The van der Waals surface area contributed by atoms with Gasteiger partial charge in [0.2, 0.25) is 11.7 Å². The molecular formula is C18H11FN4O4. The van der Waals surface area contributed by atoms with Gasteiger partial charge < -0.3 is 4.74 Å². The molecule has 0 fully saturated rings. The summed E-state index contributed by atoms with van der Waals surface area (Å²) < 4.78 is 19.1. The number of nitrogens with zero attached hydrogens (tertiary/aromatic N) is 3. The summed E-state index contributed by atoms with van der Waals surface area (Å²) in [6.45, 7) is -0.583. The molecule has 0 spiro atoms. The average Bonchev–Trinajstić information content (AvgIpc) is 2.66. The van der Waals surface area contributed by atoms with Crippen LogP contribution in [0.1, 0.15) is 0 Å². The van der Waals surface area contributed by atoms with Gasteiger partial charge in [0.05, 0.1) is 11.7 Å². The van der Waals surface area contributed by atoms with Crippen molar-refractivity contribution < 1.29 is 13.9 Å². The summed E-state index contributed by atoms with van der Waals surface area (Å²) in [5.41, 5.74) is -0.849. The van der Waals surface area contributed by atoms with Crippen molar-refractivity contribution in [3.05, 3.63) is 75.4 Å². The van der Waals surface area contributed by atoms with E-state index in [1.807, 2.05) is 18.2 Å². The number of rotatable bonds is 3. The molecule has 0 radical (unpaired) electrons. The van der Waals surface area contributed by atoms with Crippen LogP contribution in [0.3, 0.4) is 0 Å². The second kappa shape index (κ2) is 6.45. The number of halogens is 1. The Hall–Kier alpha value is -3.88. The monoisotopic (exact) mass is 366 g/mol. The van der Waals surface area contributed by atoms with Crippen molar-refractivity contribution in [3.63, 3.8) is 0 Å². The number of benzene rings is 1. The van der Waals surface area contributed by atoms with Gasteiger partial charge in [-0.1, -0.05) is 18.2 Å². The molecule has 0 aliphatic carbocycles. The van der Waals surface area contributed by atoms with Crippen LogP contribution in [0.2, 0.25) is 0 Å². The fraction of sp³-hybridized carbons (Fsp3) is 0.0556. The van der Waals surface area contributed by atoms with E-state index in [1.165, 1.54) is 6.07 Å². The normalized spacial score (nSPS) is 11.0. The Labute approximate surface area is 149 Å². The highest BCUT2D eigenvalue weighted by molar-refractivity contribution is 6.02. The molecule has 0 saturated carbocycles. The van der Waals surface area contributed by atoms with Crippen LogP contribution in [0, 0.1) is 5.82 Å². The van der Waals surface area contributed by atoms with E-state index in [0.29, 0.717) is 21.8 Å². The minimum atomic E-state index is -1.18. The Morgan fingerprint density at radius 1 is 1.11 bits per heavy atom. The number of ether oxygens (including phenoxy) is 1. The van der Waals surface area contributed by atoms with E-state index < -0.39 is 29.6 Å². The molecule has 0 unspecified atom stereocenters. The predicted octanol–water partition coefficient (Wildman–Crippen LogP) is 1.38. The minimum Gasteiger partial charge on any atom is -0.406 e. The summed E-state index contributed by atoms with van der Waals surface area (Å²) in [5, 5.41) is 1.70. The fourth-order valence-corrected chi connectivity index (χ4v) is 2.65. The summed E-state index contributed by atoms with van der Waals surface area (Å²) >= 11 is 0. The van der Waals surface area contributed by atoms with Gasteiger partial charge in [0.25, 0.3) is 5.56 Å². The molecule has 1 aromatic carbocycles. The first-order chi connectivity index (χ1) is 13.0. The molecule has 0 amide bonds. The molecule has 3 aromatic heterocycles. The Balaban J connectivity index is 1.64. The Bertz CT molecular complexity index is 1310. The smallest absolute Gasteiger partial charge is 0.332 e. The number of fused-ring (bicyclic) bond motifs is 3. The number of carbonyl (C=O) groups is 1. The zero-order valence-corrected chi connectivity index (χ0v) is 13.7. The number of aromatic nitrogens is 4. The highest BCUT2D eigenvalue weighted by atomic mass is 19.1. The topological polar surface area (TPSA) is 107 Å². The van der Waals surface area contributed by atoms with Crippen molar-refractivity contribution in [2.24, 2.45) is 0 Å². The first-order valence-electron chi connectivity index (χ1n) is 7.86. The van der Waals surface area contributed by atoms with Gasteiger partial charge in [-0.05, 0) is 12.1 Å². The molecule has 8 nitrogen and oxygen atoms in total. The van der Waals surface area contributed by atoms with Crippen LogP contribution in [0.25, 0.3) is 21.8 Å². The zero-order valence-electron chi connectivity index (χ0n) is 13.7. The quantitative estimate of drug-likeness (QED) is 0.434. The molecule has 0 atom stereocenters. The SMILES string of the molecule is O=C(Cn1cc(F)c(=O)[nH]c1=O)Oc1ccc2ccc3cccnc3c2n1. The van der Waals surface area contributed by atoms with Crippen LogP contribution in [-0.4, -0.2) is 25.5 Å². The van der Waals surface area contributed by atoms with Gasteiger partial charge in [-0.25, -0.2) is 14.6 Å². The van der Waals surface area contributed by atoms with Crippen molar-refractivity contribution in [1.29, 1.82) is 0 Å². The molecule has 0 aliphatic rings. The zero-order chi connectivity index (χ0) is 19.0. The van der Waals surface area contributed by atoms with Crippen LogP contribution < -0.4 is 16.0 Å². The minimum absolute atomic E-state index is 0.0172. The van der Waals surface area contributed by atoms with E-state index >= 15 is 0 Å². The highest BCUT2D eigenvalue weighted by Crippen LogP contribution is 2.24. The third kappa shape index (κ3) is 3.17. The van der Waals surface area contributed by atoms with Crippen LogP contribution in [0.4, 0.5) is 4.39 Å². The predicted molar refractivity (Wildman–Crippen MR) is 94.0 cm³/mol. The molecule has 0 bridgehead atoms. The lowest BCUT2D eigenvalue weighted by Gasteiger charge is -2.07. The summed E-state index contributed by atoms with van der Waals surface area (Å²) in [5.74, 6) is -2.00. The molecule has 134 valence electrons. The molecule has 1 N–H and O–H groups in total. The maximum absolute atomic E-state index is 13.3. The number of hydrogen-bond donors (Lipinski definition) is 1. The van der Waals surface area contributed by atoms with Crippen LogP contribution in [0.15, 0.2) is 58.4 Å². The number of carbonyl (C=O) groups excluding carboxylic acids is 1. The number of esters is 1. The summed E-state index contributed by atoms with van der Waals surface area (Å²) in [6, 6.07) is 10.7. The van der Waals surface area contributed by atoms with Crippen molar-refractivity contribution in [2.75, 3.05) is 0 Å². The molecule has 4 aromatic rings. The lowest BCUT2D eigenvalue weighted by molar-refractivity contribution is -0.135. The first kappa shape index (κ1) is 16.6. The van der Waals surface area contributed by atoms with Crippen molar-refractivity contribution in [1.82, 2.24) is 19.5 Å². The number of H-pyrrole nitrogens is 1. The van der Waals surface area contributed by atoms with Gasteiger partial charge in [0.1, 0.15) is 12.1 Å². The Morgan fingerprint density at radius 2 is 1.85 bits per heavy atom. The lowest BCUT2D eigenvalue weighted by Crippen LogP contribution is -2.34. The van der Waals surface area contributed by atoms with Crippen LogP contribution in [0.5, 0.6) is 5.88 Å². The fourth-order valence-electron chi connectivity index (χ4n) is 2.65. The highest BCUT2D eigenvalue weighted by Gasteiger charge is 2.12. The molecule has 4 rings (SSSR count). The molecule has 0 aliphatic heterocycles. The van der Waals surface area contributed by atoms with Crippen LogP contribution in [-0.2, 0) is 11.3 Å². The summed E-state index contributed by atoms with van der Waals surface area (Å²) in [4.78, 5) is 45.1. The molecule has 0 saturated heterocycles. The summed E-state index contributed by atoms with van der Waals surface area (Å²) in [7, 11) is 0. The van der Waals surface area contributed by atoms with E-state index in [-0.39, 0.29) is 5.88 Å². The molecule has 27 heavy (non-hydrogen) atoms. The van der Waals surface area contributed by atoms with Gasteiger partial charge in [-0.3, -0.25) is 19.3 Å². The van der Waals surface area contributed by atoms with Gasteiger partial charge in [0, 0.05) is 23.0 Å². The third-order valence-corrected chi connectivity index (χ3v) is 3.89. The lowest BCUT2D eigenvalue weighted by atomic mass is 10.1. The average molecular weight is 366 g/mol. The summed E-state index contributed by atoms with van der Waals surface area (Å²) in [6.07, 6.45) is 2.28. The number of pyridine rings is 2. The number of nitrogens with one attached hydrogen (secondary N) is 1. The molecular weight excluding hydrogens is 355 g/mol. The Morgan fingerprint density at radius 3 is 2.67 bits per heavy atom. The van der Waals surface area contributed by atoms with E-state index in [9.17, 15) is 18.8 Å². The van der Waals surface area contributed by atoms with Gasteiger partial charge >= 0.3 is 11.7 Å². The van der Waals surface area contributed by atoms with Crippen molar-refractivity contribution in [2.45, 2.75) is 6.54 Å². The van der Waals surface area contributed by atoms with Crippen molar-refractivity contribution >= 4 is 27.8 Å². The standard InChI is InChI=1S/C18H11FN4O4/c19-12-8-23(18(26)22-17(12)25)9-14(24)27-13-6-5-11-4-3-10-2-1-7-20-15(10)16(11)21-13/h1-8H,9H2,(H,22,25,26). The third-order valence-electron chi connectivity index (χ3n) is 3.89. The number of aromatic amines is 1. The maximum atomic E-state index is 13.3. The van der Waals surface area contributed by atoms with E-state index in [1.54, 1.807) is 23.3 Å². The number of hydrogen-bond acceptors (Lipinski definition) is 6. The molecule has 3 heterocycles. The Kier molecular flexibility index (Phi) is 3.96. The molecule has 9 heteroatoms.